The third-order valence-electron chi connectivity index (χ3n) is 6.83. The molecular formula is C28H29N7O2. The Morgan fingerprint density at radius 1 is 1.19 bits per heavy atom. The van der Waals surface area contributed by atoms with E-state index in [0.717, 1.165) is 10.9 Å². The van der Waals surface area contributed by atoms with Crippen LogP contribution in [0.3, 0.4) is 0 Å². The van der Waals surface area contributed by atoms with Gasteiger partial charge < -0.3 is 15.7 Å². The first-order chi connectivity index (χ1) is 17.9. The first-order valence-corrected chi connectivity index (χ1v) is 12.4. The van der Waals surface area contributed by atoms with Gasteiger partial charge in [0.2, 0.25) is 0 Å². The van der Waals surface area contributed by atoms with Gasteiger partial charge in [-0.25, -0.2) is 9.97 Å². The average Bonchev–Trinajstić information content (AvgIpc) is 3.33. The Morgan fingerprint density at radius 3 is 2.70 bits per heavy atom. The van der Waals surface area contributed by atoms with Crippen molar-refractivity contribution in [2.24, 2.45) is 0 Å². The van der Waals surface area contributed by atoms with Crippen LogP contribution in [0.2, 0.25) is 0 Å². The van der Waals surface area contributed by atoms with Crippen LogP contribution >= 0.6 is 0 Å². The van der Waals surface area contributed by atoms with E-state index in [1.54, 1.807) is 24.7 Å². The zero-order chi connectivity index (χ0) is 26.0. The van der Waals surface area contributed by atoms with E-state index in [2.05, 4.69) is 31.7 Å². The molecule has 9 heteroatoms. The second-order valence-electron chi connectivity index (χ2n) is 9.84. The maximum atomic E-state index is 13.3. The lowest BCUT2D eigenvalue weighted by molar-refractivity contribution is -0.00831. The Bertz CT molecular complexity index is 1470. The van der Waals surface area contributed by atoms with Crippen LogP contribution in [0.15, 0.2) is 61.3 Å². The van der Waals surface area contributed by atoms with E-state index in [9.17, 15) is 9.90 Å². The van der Waals surface area contributed by atoms with E-state index in [4.69, 9.17) is 5.26 Å². The predicted octanol–water partition coefficient (Wildman–Crippen LogP) is 4.07. The van der Waals surface area contributed by atoms with Crippen molar-refractivity contribution < 1.29 is 9.90 Å². The molecule has 4 aromatic rings. The highest BCUT2D eigenvalue weighted by molar-refractivity contribution is 5.99. The molecule has 0 bridgehead atoms. The van der Waals surface area contributed by atoms with Crippen molar-refractivity contribution in [2.75, 3.05) is 5.32 Å². The monoisotopic (exact) mass is 495 g/mol. The summed E-state index contributed by atoms with van der Waals surface area (Å²) in [4.78, 5) is 26.4. The quantitative estimate of drug-likeness (QED) is 0.368. The molecule has 1 aliphatic carbocycles. The molecule has 4 aromatic heterocycles. The van der Waals surface area contributed by atoms with Crippen LogP contribution in [0.4, 0.5) is 5.69 Å². The normalized spacial score (nSPS) is 19.5. The predicted molar refractivity (Wildman–Crippen MR) is 140 cm³/mol. The maximum Gasteiger partial charge on any atom is 0.255 e. The Morgan fingerprint density at radius 2 is 2.00 bits per heavy atom. The smallest absolute Gasteiger partial charge is 0.255 e. The van der Waals surface area contributed by atoms with Gasteiger partial charge in [0.15, 0.2) is 0 Å². The summed E-state index contributed by atoms with van der Waals surface area (Å²) in [5, 5.41) is 27.6. The van der Waals surface area contributed by atoms with Crippen LogP contribution in [-0.2, 0) is 5.60 Å². The van der Waals surface area contributed by atoms with E-state index in [1.807, 2.05) is 48.9 Å². The summed E-state index contributed by atoms with van der Waals surface area (Å²) in [6.07, 6.45) is 10.8. The summed E-state index contributed by atoms with van der Waals surface area (Å²) in [7, 11) is 0. The van der Waals surface area contributed by atoms with Crippen molar-refractivity contribution in [1.29, 1.82) is 5.26 Å². The number of aliphatic hydroxyl groups is 1. The number of rotatable bonds is 6. The standard InChI is InChI=1S/C28H29N7O2/c1-18(2)33-24-13-25(35-11-7-20-12-19(14-29)15-32-26(20)35)31-17-23(24)27(36)34-22-5-8-28(37,9-6-22)21-4-3-10-30-16-21/h3-4,7,10-13,15-18,22,37H,5-6,8-9H2,1-2H3,(H,31,33)(H,34,36). The van der Waals surface area contributed by atoms with Gasteiger partial charge in [-0.05, 0) is 57.7 Å². The van der Waals surface area contributed by atoms with Crippen LogP contribution < -0.4 is 10.6 Å². The topological polar surface area (TPSA) is 129 Å². The van der Waals surface area contributed by atoms with Gasteiger partial charge in [-0.3, -0.25) is 14.3 Å². The van der Waals surface area contributed by atoms with E-state index < -0.39 is 5.60 Å². The summed E-state index contributed by atoms with van der Waals surface area (Å²) in [5.41, 5.74) is 2.22. The molecule has 3 N–H and O–H groups in total. The molecule has 0 radical (unpaired) electrons. The SMILES string of the molecule is CC(C)Nc1cc(-n2ccc3cc(C#N)cnc32)ncc1C(=O)NC1CCC(O)(c2cccnc2)CC1. The Kier molecular flexibility index (Phi) is 6.59. The first kappa shape index (κ1) is 24.4. The van der Waals surface area contributed by atoms with Gasteiger partial charge in [0, 0.05) is 60.1 Å². The lowest BCUT2D eigenvalue weighted by atomic mass is 9.78. The fourth-order valence-electron chi connectivity index (χ4n) is 4.89. The van der Waals surface area contributed by atoms with Crippen LogP contribution in [0.1, 0.15) is 61.0 Å². The fraction of sp³-hybridized carbons (Fsp3) is 0.321. The van der Waals surface area contributed by atoms with E-state index >= 15 is 0 Å². The molecule has 4 heterocycles. The van der Waals surface area contributed by atoms with Crippen LogP contribution in [0.5, 0.6) is 0 Å². The van der Waals surface area contributed by atoms with Gasteiger partial charge in [0.1, 0.15) is 17.5 Å². The van der Waals surface area contributed by atoms with Gasteiger partial charge in [0.25, 0.3) is 5.91 Å². The number of pyridine rings is 3. The van der Waals surface area contributed by atoms with Crippen molar-refractivity contribution in [1.82, 2.24) is 24.8 Å². The summed E-state index contributed by atoms with van der Waals surface area (Å²) in [6, 6.07) is 11.4. The van der Waals surface area contributed by atoms with Crippen molar-refractivity contribution in [3.05, 3.63) is 78.0 Å². The molecule has 0 atom stereocenters. The number of hydrogen-bond acceptors (Lipinski definition) is 7. The minimum atomic E-state index is -0.912. The molecule has 5 rings (SSSR count). The van der Waals surface area contributed by atoms with Crippen LogP contribution in [0, 0.1) is 11.3 Å². The molecule has 0 unspecified atom stereocenters. The number of hydrogen-bond donors (Lipinski definition) is 3. The number of nitriles is 1. The van der Waals surface area contributed by atoms with Gasteiger partial charge in [0.05, 0.1) is 22.4 Å². The van der Waals surface area contributed by atoms with E-state index in [1.165, 1.54) is 6.20 Å². The highest BCUT2D eigenvalue weighted by Gasteiger charge is 2.35. The van der Waals surface area contributed by atoms with Crippen molar-refractivity contribution in [2.45, 2.75) is 57.2 Å². The zero-order valence-corrected chi connectivity index (χ0v) is 20.8. The summed E-state index contributed by atoms with van der Waals surface area (Å²) < 4.78 is 1.84. The highest BCUT2D eigenvalue weighted by Crippen LogP contribution is 2.37. The molecule has 0 aromatic carbocycles. The lowest BCUT2D eigenvalue weighted by Crippen LogP contribution is -2.42. The number of aromatic nitrogens is 4. The molecule has 37 heavy (non-hydrogen) atoms. The third-order valence-corrected chi connectivity index (χ3v) is 6.83. The highest BCUT2D eigenvalue weighted by atomic mass is 16.3. The minimum absolute atomic E-state index is 0.0389. The number of amides is 1. The zero-order valence-electron chi connectivity index (χ0n) is 20.8. The fourth-order valence-corrected chi connectivity index (χ4v) is 4.89. The lowest BCUT2D eigenvalue weighted by Gasteiger charge is -2.36. The first-order valence-electron chi connectivity index (χ1n) is 12.4. The number of fused-ring (bicyclic) bond motifs is 1. The number of nitrogens with one attached hydrogen (secondary N) is 2. The maximum absolute atomic E-state index is 13.3. The Hall–Kier alpha value is -4.29. The molecule has 0 spiro atoms. The summed E-state index contributed by atoms with van der Waals surface area (Å²) >= 11 is 0. The summed E-state index contributed by atoms with van der Waals surface area (Å²) in [6.45, 7) is 4.02. The van der Waals surface area contributed by atoms with Crippen molar-refractivity contribution in [3.63, 3.8) is 0 Å². The molecule has 0 aliphatic heterocycles. The third kappa shape index (κ3) is 5.01. The van der Waals surface area contributed by atoms with Crippen LogP contribution in [0.25, 0.3) is 16.9 Å². The Labute approximate surface area is 215 Å². The molecule has 1 aliphatic rings. The summed E-state index contributed by atoms with van der Waals surface area (Å²) in [5.74, 6) is 0.416. The van der Waals surface area contributed by atoms with Gasteiger partial charge in [-0.2, -0.15) is 5.26 Å². The average molecular weight is 496 g/mol. The van der Waals surface area contributed by atoms with Gasteiger partial charge >= 0.3 is 0 Å². The largest absolute Gasteiger partial charge is 0.385 e. The second-order valence-corrected chi connectivity index (χ2v) is 9.84. The molecule has 188 valence electrons. The molecule has 1 fully saturated rings. The van der Waals surface area contributed by atoms with E-state index in [0.29, 0.717) is 54.0 Å². The van der Waals surface area contributed by atoms with Crippen molar-refractivity contribution >= 4 is 22.6 Å². The van der Waals surface area contributed by atoms with Gasteiger partial charge in [-0.15, -0.1) is 0 Å². The molecule has 9 nitrogen and oxygen atoms in total. The minimum Gasteiger partial charge on any atom is -0.385 e. The number of carbonyl (C=O) groups is 1. The molecule has 1 saturated carbocycles. The van der Waals surface area contributed by atoms with E-state index in [-0.39, 0.29) is 18.0 Å². The number of carbonyl (C=O) groups excluding carboxylic acids is 1. The van der Waals surface area contributed by atoms with Crippen LogP contribution in [-0.4, -0.2) is 42.6 Å². The number of nitrogens with zero attached hydrogens (tertiary/aromatic N) is 5. The second kappa shape index (κ2) is 9.99. The molecule has 1 amide bonds. The Balaban J connectivity index is 1.35. The molecule has 0 saturated heterocycles. The number of anilines is 1. The van der Waals surface area contributed by atoms with Crippen molar-refractivity contribution in [3.8, 4) is 11.9 Å². The van der Waals surface area contributed by atoms with Gasteiger partial charge in [-0.1, -0.05) is 6.07 Å². The molecular weight excluding hydrogens is 466 g/mol.